The maximum absolute atomic E-state index is 12.9. The first-order valence-corrected chi connectivity index (χ1v) is 9.37. The van der Waals surface area contributed by atoms with Gasteiger partial charge in [0.15, 0.2) is 0 Å². The van der Waals surface area contributed by atoms with Crippen LogP contribution in [0.1, 0.15) is 31.4 Å². The van der Waals surface area contributed by atoms with E-state index in [4.69, 9.17) is 0 Å². The number of fused-ring (bicyclic) bond motifs is 3. The zero-order valence-electron chi connectivity index (χ0n) is 15.8. The standard InChI is InChI=1S/C22H22N4O2/c1-14(16-8-4-3-5-9-16)12-23-21(27)15(2)26-19-11-7-6-10-17(19)18-13-24-25-22(28)20(18)26/h3-11,13-15H,12H2,1-2H3,(H,23,27)(H,25,28)/t14-,15+/m0/s1. The second kappa shape index (κ2) is 7.31. The molecule has 2 heterocycles. The lowest BCUT2D eigenvalue weighted by Crippen LogP contribution is -2.34. The second-order valence-corrected chi connectivity index (χ2v) is 7.08. The number of benzene rings is 2. The summed E-state index contributed by atoms with van der Waals surface area (Å²) in [5.74, 6) is 0.0738. The van der Waals surface area contributed by atoms with Crippen LogP contribution in [0, 0.1) is 0 Å². The number of carbonyl (C=O) groups is 1. The monoisotopic (exact) mass is 374 g/mol. The Bertz CT molecular complexity index is 1190. The van der Waals surface area contributed by atoms with Gasteiger partial charge in [-0.05, 0) is 24.5 Å². The van der Waals surface area contributed by atoms with Crippen LogP contribution in [-0.2, 0) is 4.79 Å². The predicted molar refractivity (Wildman–Crippen MR) is 110 cm³/mol. The molecule has 0 spiro atoms. The van der Waals surface area contributed by atoms with Gasteiger partial charge in [-0.1, -0.05) is 55.5 Å². The molecule has 0 saturated carbocycles. The average Bonchev–Trinajstić information content (AvgIpc) is 3.07. The molecule has 0 radical (unpaired) electrons. The van der Waals surface area contributed by atoms with Crippen LogP contribution in [0.25, 0.3) is 21.8 Å². The lowest BCUT2D eigenvalue weighted by molar-refractivity contribution is -0.123. The van der Waals surface area contributed by atoms with E-state index in [1.165, 1.54) is 5.56 Å². The van der Waals surface area contributed by atoms with Gasteiger partial charge >= 0.3 is 0 Å². The van der Waals surface area contributed by atoms with Gasteiger partial charge in [-0.15, -0.1) is 0 Å². The molecule has 4 aromatic rings. The van der Waals surface area contributed by atoms with Crippen LogP contribution in [0.3, 0.4) is 0 Å². The van der Waals surface area contributed by atoms with Crippen LogP contribution in [-0.4, -0.2) is 27.2 Å². The quantitative estimate of drug-likeness (QED) is 0.562. The molecule has 2 atom stereocenters. The van der Waals surface area contributed by atoms with E-state index >= 15 is 0 Å². The number of carbonyl (C=O) groups excluding carboxylic acids is 1. The van der Waals surface area contributed by atoms with Crippen LogP contribution in [0.4, 0.5) is 0 Å². The number of aromatic amines is 1. The van der Waals surface area contributed by atoms with Crippen molar-refractivity contribution in [3.8, 4) is 0 Å². The van der Waals surface area contributed by atoms with Gasteiger partial charge in [0, 0.05) is 17.3 Å². The molecule has 6 nitrogen and oxygen atoms in total. The van der Waals surface area contributed by atoms with E-state index in [1.807, 2.05) is 49.4 Å². The van der Waals surface area contributed by atoms with Gasteiger partial charge in [-0.2, -0.15) is 5.10 Å². The highest BCUT2D eigenvalue weighted by atomic mass is 16.2. The summed E-state index contributed by atoms with van der Waals surface area (Å²) in [6.07, 6.45) is 1.64. The van der Waals surface area contributed by atoms with E-state index < -0.39 is 6.04 Å². The first-order chi connectivity index (χ1) is 13.6. The number of hydrogen-bond acceptors (Lipinski definition) is 3. The van der Waals surface area contributed by atoms with E-state index in [1.54, 1.807) is 10.8 Å². The maximum Gasteiger partial charge on any atom is 0.288 e. The minimum Gasteiger partial charge on any atom is -0.354 e. The summed E-state index contributed by atoms with van der Waals surface area (Å²) in [6, 6.07) is 17.2. The molecule has 142 valence electrons. The third kappa shape index (κ3) is 3.07. The summed E-state index contributed by atoms with van der Waals surface area (Å²) in [6.45, 7) is 4.42. The summed E-state index contributed by atoms with van der Waals surface area (Å²) < 4.78 is 1.80. The van der Waals surface area contributed by atoms with Crippen LogP contribution >= 0.6 is 0 Å². The Hall–Kier alpha value is -3.41. The summed E-state index contributed by atoms with van der Waals surface area (Å²) in [7, 11) is 0. The van der Waals surface area contributed by atoms with Crippen molar-refractivity contribution < 1.29 is 4.79 Å². The van der Waals surface area contributed by atoms with E-state index in [-0.39, 0.29) is 17.4 Å². The lowest BCUT2D eigenvalue weighted by Gasteiger charge is -2.18. The van der Waals surface area contributed by atoms with Crippen molar-refractivity contribution >= 4 is 27.7 Å². The van der Waals surface area contributed by atoms with Crippen molar-refractivity contribution in [3.05, 3.63) is 76.7 Å². The Morgan fingerprint density at radius 1 is 1.07 bits per heavy atom. The normalized spacial score (nSPS) is 13.5. The summed E-state index contributed by atoms with van der Waals surface area (Å²) in [5.41, 5.74) is 2.19. The Morgan fingerprint density at radius 2 is 1.79 bits per heavy atom. The third-order valence-corrected chi connectivity index (χ3v) is 5.24. The SMILES string of the molecule is C[C@H](C(=O)NC[C@H](C)c1ccccc1)n1c2ccccc2c2cn[nH]c(=O)c21. The number of hydrogen-bond donors (Lipinski definition) is 2. The number of amides is 1. The van der Waals surface area contributed by atoms with Crippen molar-refractivity contribution in [2.45, 2.75) is 25.8 Å². The van der Waals surface area contributed by atoms with Crippen LogP contribution in [0.5, 0.6) is 0 Å². The Kier molecular flexibility index (Phi) is 4.69. The molecule has 0 aliphatic rings. The predicted octanol–water partition coefficient (Wildman–Crippen LogP) is 3.36. The van der Waals surface area contributed by atoms with E-state index in [0.29, 0.717) is 12.1 Å². The van der Waals surface area contributed by atoms with E-state index in [9.17, 15) is 9.59 Å². The van der Waals surface area contributed by atoms with Crippen LogP contribution in [0.2, 0.25) is 0 Å². The third-order valence-electron chi connectivity index (χ3n) is 5.24. The van der Waals surface area contributed by atoms with Gasteiger partial charge in [-0.3, -0.25) is 9.59 Å². The molecular weight excluding hydrogens is 352 g/mol. The van der Waals surface area contributed by atoms with E-state index in [0.717, 1.165) is 16.3 Å². The van der Waals surface area contributed by atoms with Gasteiger partial charge in [0.1, 0.15) is 11.6 Å². The fraction of sp³-hybridized carbons (Fsp3) is 0.227. The van der Waals surface area contributed by atoms with Gasteiger partial charge < -0.3 is 9.88 Å². The molecule has 0 bridgehead atoms. The second-order valence-electron chi connectivity index (χ2n) is 7.08. The topological polar surface area (TPSA) is 79.8 Å². The number of nitrogens with zero attached hydrogens (tertiary/aromatic N) is 2. The zero-order chi connectivity index (χ0) is 19.7. The van der Waals surface area contributed by atoms with Crippen molar-refractivity contribution in [1.29, 1.82) is 0 Å². The minimum absolute atomic E-state index is 0.123. The first-order valence-electron chi connectivity index (χ1n) is 9.37. The van der Waals surface area contributed by atoms with Gasteiger partial charge in [0.2, 0.25) is 5.91 Å². The molecule has 0 aliphatic heterocycles. The zero-order valence-corrected chi connectivity index (χ0v) is 15.8. The molecule has 2 N–H and O–H groups in total. The van der Waals surface area contributed by atoms with Crippen molar-refractivity contribution in [2.75, 3.05) is 6.54 Å². The Labute approximate surface area is 162 Å². The molecule has 0 unspecified atom stereocenters. The van der Waals surface area contributed by atoms with Crippen LogP contribution < -0.4 is 10.9 Å². The van der Waals surface area contributed by atoms with Gasteiger partial charge in [-0.25, -0.2) is 5.10 Å². The minimum atomic E-state index is -0.533. The summed E-state index contributed by atoms with van der Waals surface area (Å²) >= 11 is 0. The lowest BCUT2D eigenvalue weighted by atomic mass is 10.0. The van der Waals surface area contributed by atoms with Crippen molar-refractivity contribution in [3.63, 3.8) is 0 Å². The van der Waals surface area contributed by atoms with Gasteiger partial charge in [0.05, 0.1) is 11.7 Å². The average molecular weight is 374 g/mol. The largest absolute Gasteiger partial charge is 0.354 e. The molecule has 0 aliphatic carbocycles. The highest BCUT2D eigenvalue weighted by molar-refractivity contribution is 6.08. The molecule has 6 heteroatoms. The summed E-state index contributed by atoms with van der Waals surface area (Å²) in [5, 5.41) is 11.1. The number of aromatic nitrogens is 3. The number of H-pyrrole nitrogens is 1. The van der Waals surface area contributed by atoms with Crippen LogP contribution in [0.15, 0.2) is 65.6 Å². The molecule has 2 aromatic heterocycles. The fourth-order valence-corrected chi connectivity index (χ4v) is 3.68. The molecule has 0 fully saturated rings. The number of nitrogens with one attached hydrogen (secondary N) is 2. The molecule has 4 rings (SSSR count). The van der Waals surface area contributed by atoms with Crippen molar-refractivity contribution in [2.24, 2.45) is 0 Å². The maximum atomic E-state index is 12.9. The molecular formula is C22H22N4O2. The Balaban J connectivity index is 1.65. The first kappa shape index (κ1) is 18.0. The highest BCUT2D eigenvalue weighted by Crippen LogP contribution is 2.29. The smallest absolute Gasteiger partial charge is 0.288 e. The number of rotatable bonds is 5. The molecule has 2 aromatic carbocycles. The van der Waals surface area contributed by atoms with Gasteiger partial charge in [0.25, 0.3) is 5.56 Å². The molecule has 28 heavy (non-hydrogen) atoms. The fourth-order valence-electron chi connectivity index (χ4n) is 3.68. The highest BCUT2D eigenvalue weighted by Gasteiger charge is 2.22. The van der Waals surface area contributed by atoms with Crippen molar-refractivity contribution in [1.82, 2.24) is 20.1 Å². The number of para-hydroxylation sites is 1. The molecule has 1 amide bonds. The Morgan fingerprint density at radius 3 is 2.57 bits per heavy atom. The summed E-state index contributed by atoms with van der Waals surface area (Å²) in [4.78, 5) is 25.4. The molecule has 0 saturated heterocycles. The van der Waals surface area contributed by atoms with E-state index in [2.05, 4.69) is 34.6 Å².